The second-order valence-corrected chi connectivity index (χ2v) is 10.5. The Hall–Kier alpha value is -4.08. The molecule has 4 aromatic carbocycles. The zero-order valence-corrected chi connectivity index (χ0v) is 23.3. The van der Waals surface area contributed by atoms with Gasteiger partial charge in [-0.3, -0.25) is 4.79 Å². The van der Waals surface area contributed by atoms with Crippen LogP contribution in [0.5, 0.6) is 5.75 Å². The molecule has 0 aliphatic carbocycles. The predicted molar refractivity (Wildman–Crippen MR) is 157 cm³/mol. The van der Waals surface area contributed by atoms with E-state index < -0.39 is 0 Å². The lowest BCUT2D eigenvalue weighted by atomic mass is 10.2. The van der Waals surface area contributed by atoms with Gasteiger partial charge >= 0.3 is 0 Å². The third kappa shape index (κ3) is 5.28. The molecule has 6 aromatic rings. The van der Waals surface area contributed by atoms with Gasteiger partial charge in [-0.2, -0.15) is 9.78 Å². The Kier molecular flexibility index (Phi) is 6.85. The molecular formula is C30H18Br2FN3O3. The first-order chi connectivity index (χ1) is 18.9. The molecule has 2 aromatic heterocycles. The van der Waals surface area contributed by atoms with Gasteiger partial charge in [0, 0.05) is 19.9 Å². The van der Waals surface area contributed by atoms with Crippen LogP contribution in [-0.4, -0.2) is 15.9 Å². The minimum atomic E-state index is -0.342. The number of para-hydroxylation sites is 1. The molecule has 0 amide bonds. The molecule has 0 fully saturated rings. The number of aromatic nitrogens is 2. The molecule has 6 rings (SSSR count). The average molecular weight is 647 g/mol. The fourth-order valence-electron chi connectivity index (χ4n) is 4.17. The molecular weight excluding hydrogens is 629 g/mol. The van der Waals surface area contributed by atoms with Crippen molar-refractivity contribution in [1.82, 2.24) is 9.66 Å². The Morgan fingerprint density at radius 1 is 0.949 bits per heavy atom. The number of ether oxygens (including phenoxy) is 1. The summed E-state index contributed by atoms with van der Waals surface area (Å²) in [5.41, 5.74) is 2.15. The number of hydrogen-bond acceptors (Lipinski definition) is 5. The number of rotatable bonds is 6. The molecule has 0 saturated carbocycles. The standard InChI is InChI=1S/C30H18Br2FN3O3/c31-21-9-11-27-19(13-21)15-28(39-27)29-35-25-7-2-1-6-24(25)30(37)36(29)34-16-20-14-22(32)8-10-26(20)38-17-18-4-3-5-23(33)12-18/h1-16H,17H2. The number of halogens is 3. The maximum absolute atomic E-state index is 13.6. The predicted octanol–water partition coefficient (Wildman–Crippen LogP) is 7.94. The number of fused-ring (bicyclic) bond motifs is 2. The Morgan fingerprint density at radius 2 is 1.77 bits per heavy atom. The van der Waals surface area contributed by atoms with E-state index in [0.717, 1.165) is 14.3 Å². The molecule has 0 bridgehead atoms. The normalized spacial score (nSPS) is 11.6. The molecule has 2 heterocycles. The van der Waals surface area contributed by atoms with Gasteiger partial charge in [0.15, 0.2) is 5.76 Å². The summed E-state index contributed by atoms with van der Waals surface area (Å²) >= 11 is 6.97. The highest BCUT2D eigenvalue weighted by atomic mass is 79.9. The van der Waals surface area contributed by atoms with Crippen LogP contribution in [0.2, 0.25) is 0 Å². The third-order valence-corrected chi connectivity index (χ3v) is 7.01. The van der Waals surface area contributed by atoms with E-state index in [2.05, 4.69) is 37.0 Å². The van der Waals surface area contributed by atoms with Crippen LogP contribution in [0, 0.1) is 5.82 Å². The van der Waals surface area contributed by atoms with Gasteiger partial charge in [-0.15, -0.1) is 0 Å². The molecule has 0 saturated heterocycles. The molecule has 0 spiro atoms. The number of furan rings is 1. The minimum absolute atomic E-state index is 0.164. The highest BCUT2D eigenvalue weighted by molar-refractivity contribution is 9.10. The van der Waals surface area contributed by atoms with Crippen molar-refractivity contribution in [3.05, 3.63) is 127 Å². The molecule has 0 unspecified atom stereocenters. The smallest absolute Gasteiger partial charge is 0.282 e. The Labute approximate surface area is 238 Å². The summed E-state index contributed by atoms with van der Waals surface area (Å²) in [5, 5.41) is 5.83. The van der Waals surface area contributed by atoms with Crippen LogP contribution >= 0.6 is 31.9 Å². The van der Waals surface area contributed by atoms with E-state index >= 15 is 0 Å². The lowest BCUT2D eigenvalue weighted by molar-refractivity contribution is 0.305. The SMILES string of the molecule is O=c1c2ccccc2nc(-c2cc3cc(Br)ccc3o2)n1N=Cc1cc(Br)ccc1OCc1cccc(F)c1. The largest absolute Gasteiger partial charge is 0.488 e. The maximum Gasteiger partial charge on any atom is 0.282 e. The molecule has 9 heteroatoms. The highest BCUT2D eigenvalue weighted by Gasteiger charge is 2.17. The molecule has 39 heavy (non-hydrogen) atoms. The summed E-state index contributed by atoms with van der Waals surface area (Å²) in [5.74, 6) is 0.852. The second kappa shape index (κ2) is 10.6. The van der Waals surface area contributed by atoms with Crippen LogP contribution < -0.4 is 10.3 Å². The molecule has 6 nitrogen and oxygen atoms in total. The summed E-state index contributed by atoms with van der Waals surface area (Å²) in [6.07, 6.45) is 1.53. The van der Waals surface area contributed by atoms with Gasteiger partial charge in [0.2, 0.25) is 5.82 Å². The number of nitrogens with zero attached hydrogens (tertiary/aromatic N) is 3. The van der Waals surface area contributed by atoms with Gasteiger partial charge in [0.05, 0.1) is 17.1 Å². The monoisotopic (exact) mass is 645 g/mol. The van der Waals surface area contributed by atoms with Crippen molar-refractivity contribution in [3.8, 4) is 17.3 Å². The molecule has 0 radical (unpaired) electrons. The van der Waals surface area contributed by atoms with E-state index in [4.69, 9.17) is 14.1 Å². The van der Waals surface area contributed by atoms with E-state index in [-0.39, 0.29) is 23.8 Å². The minimum Gasteiger partial charge on any atom is -0.488 e. The first-order valence-electron chi connectivity index (χ1n) is 11.9. The lowest BCUT2D eigenvalue weighted by Crippen LogP contribution is -2.20. The van der Waals surface area contributed by atoms with Crippen molar-refractivity contribution in [1.29, 1.82) is 0 Å². The Bertz CT molecular complexity index is 1950. The van der Waals surface area contributed by atoms with Crippen molar-refractivity contribution < 1.29 is 13.5 Å². The number of hydrogen-bond donors (Lipinski definition) is 0. The number of benzene rings is 4. The van der Waals surface area contributed by atoms with Gasteiger partial charge in [-0.1, -0.05) is 56.1 Å². The summed E-state index contributed by atoms with van der Waals surface area (Å²) < 4.78 is 28.6. The maximum atomic E-state index is 13.6. The van der Waals surface area contributed by atoms with Crippen LogP contribution in [0.3, 0.4) is 0 Å². The van der Waals surface area contributed by atoms with E-state index in [9.17, 15) is 9.18 Å². The third-order valence-electron chi connectivity index (χ3n) is 6.02. The lowest BCUT2D eigenvalue weighted by Gasteiger charge is -2.11. The fourth-order valence-corrected chi connectivity index (χ4v) is 4.93. The van der Waals surface area contributed by atoms with Gasteiger partial charge in [0.1, 0.15) is 23.8 Å². The quantitative estimate of drug-likeness (QED) is 0.172. The van der Waals surface area contributed by atoms with E-state index in [1.165, 1.54) is 23.0 Å². The first-order valence-corrected chi connectivity index (χ1v) is 13.5. The van der Waals surface area contributed by atoms with Crippen LogP contribution in [0.15, 0.2) is 114 Å². The van der Waals surface area contributed by atoms with Gasteiger partial charge in [-0.25, -0.2) is 9.37 Å². The average Bonchev–Trinajstić information content (AvgIpc) is 3.35. The molecule has 192 valence electrons. The summed E-state index contributed by atoms with van der Waals surface area (Å²) in [6.45, 7) is 0.164. The topological polar surface area (TPSA) is 69.6 Å². The Balaban J connectivity index is 1.44. The van der Waals surface area contributed by atoms with Crippen LogP contribution in [0.1, 0.15) is 11.1 Å². The van der Waals surface area contributed by atoms with Crippen molar-refractivity contribution in [2.75, 3.05) is 0 Å². The van der Waals surface area contributed by atoms with Crippen molar-refractivity contribution >= 4 is 59.9 Å². The Morgan fingerprint density at radius 3 is 2.64 bits per heavy atom. The van der Waals surface area contributed by atoms with Crippen LogP contribution in [-0.2, 0) is 6.61 Å². The van der Waals surface area contributed by atoms with Crippen molar-refractivity contribution in [3.63, 3.8) is 0 Å². The zero-order chi connectivity index (χ0) is 26.9. The van der Waals surface area contributed by atoms with E-state index in [1.54, 1.807) is 36.4 Å². The van der Waals surface area contributed by atoms with E-state index in [0.29, 0.717) is 39.1 Å². The van der Waals surface area contributed by atoms with Crippen molar-refractivity contribution in [2.45, 2.75) is 6.61 Å². The molecule has 0 atom stereocenters. The van der Waals surface area contributed by atoms with Gasteiger partial charge in [0.25, 0.3) is 5.56 Å². The summed E-state index contributed by atoms with van der Waals surface area (Å²) in [7, 11) is 0. The molecule has 0 aliphatic heterocycles. The van der Waals surface area contributed by atoms with Crippen LogP contribution in [0.4, 0.5) is 4.39 Å². The highest BCUT2D eigenvalue weighted by Crippen LogP contribution is 2.29. The van der Waals surface area contributed by atoms with Gasteiger partial charge < -0.3 is 9.15 Å². The second-order valence-electron chi connectivity index (χ2n) is 8.71. The molecule has 0 aliphatic rings. The summed E-state index contributed by atoms with van der Waals surface area (Å²) in [6, 6.07) is 26.2. The summed E-state index contributed by atoms with van der Waals surface area (Å²) in [4.78, 5) is 18.3. The van der Waals surface area contributed by atoms with E-state index in [1.807, 2.05) is 42.5 Å². The zero-order valence-electron chi connectivity index (χ0n) is 20.1. The van der Waals surface area contributed by atoms with Crippen molar-refractivity contribution in [2.24, 2.45) is 5.10 Å². The fraction of sp³-hybridized carbons (Fsp3) is 0.0333. The van der Waals surface area contributed by atoms with Crippen LogP contribution in [0.25, 0.3) is 33.5 Å². The first kappa shape index (κ1) is 25.2. The molecule has 0 N–H and O–H groups in total. The van der Waals surface area contributed by atoms with Gasteiger partial charge in [-0.05, 0) is 72.3 Å².